The van der Waals surface area contributed by atoms with E-state index in [1.807, 2.05) is 36.4 Å². The Morgan fingerprint density at radius 2 is 1.95 bits per heavy atom. The lowest BCUT2D eigenvalue weighted by molar-refractivity contribution is 0.305. The molecule has 0 bridgehead atoms. The van der Waals surface area contributed by atoms with Gasteiger partial charge in [-0.1, -0.05) is 34.1 Å². The van der Waals surface area contributed by atoms with Gasteiger partial charge in [-0.25, -0.2) is 0 Å². The van der Waals surface area contributed by atoms with E-state index in [0.29, 0.717) is 18.7 Å². The summed E-state index contributed by atoms with van der Waals surface area (Å²) in [5.74, 6) is 0.782. The number of ether oxygens (including phenoxy) is 1. The maximum atomic E-state index is 9.04. The van der Waals surface area contributed by atoms with Crippen molar-refractivity contribution in [3.05, 3.63) is 63.6 Å². The number of hydrogen-bond donors (Lipinski definition) is 1. The van der Waals surface area contributed by atoms with Crippen molar-refractivity contribution in [3.63, 3.8) is 0 Å². The van der Waals surface area contributed by atoms with E-state index in [4.69, 9.17) is 15.7 Å². The quantitative estimate of drug-likeness (QED) is 0.913. The third-order valence-corrected chi connectivity index (χ3v) is 3.74. The summed E-state index contributed by atoms with van der Waals surface area (Å²) < 4.78 is 6.80. The van der Waals surface area contributed by atoms with Gasteiger partial charge in [0.15, 0.2) is 0 Å². The van der Waals surface area contributed by atoms with Gasteiger partial charge in [-0.05, 0) is 42.8 Å². The lowest BCUT2D eigenvalue weighted by Gasteiger charge is -2.10. The van der Waals surface area contributed by atoms with Gasteiger partial charge >= 0.3 is 0 Å². The highest BCUT2D eigenvalue weighted by molar-refractivity contribution is 9.10. The Kier molecular flexibility index (Phi) is 5.16. The molecule has 2 rings (SSSR count). The first kappa shape index (κ1) is 14.6. The van der Waals surface area contributed by atoms with Crippen LogP contribution in [-0.2, 0) is 13.0 Å². The van der Waals surface area contributed by atoms with E-state index in [-0.39, 0.29) is 0 Å². The molecule has 0 saturated carbocycles. The first-order chi connectivity index (χ1) is 9.74. The summed E-state index contributed by atoms with van der Waals surface area (Å²) in [6, 6.07) is 15.4. The highest BCUT2D eigenvalue weighted by Gasteiger charge is 2.04. The largest absolute Gasteiger partial charge is 0.489 e. The predicted octanol–water partition coefficient (Wildman–Crippen LogP) is 3.40. The maximum absolute atomic E-state index is 9.04. The molecule has 0 aliphatic rings. The Balaban J connectivity index is 2.11. The Labute approximate surface area is 127 Å². The van der Waals surface area contributed by atoms with Crippen LogP contribution in [0.5, 0.6) is 5.75 Å². The Morgan fingerprint density at radius 1 is 1.15 bits per heavy atom. The highest BCUT2D eigenvalue weighted by atomic mass is 79.9. The lowest BCUT2D eigenvalue weighted by atomic mass is 10.1. The van der Waals surface area contributed by atoms with E-state index >= 15 is 0 Å². The molecule has 102 valence electrons. The molecule has 0 amide bonds. The summed E-state index contributed by atoms with van der Waals surface area (Å²) in [5.41, 5.74) is 8.24. The zero-order chi connectivity index (χ0) is 14.4. The van der Waals surface area contributed by atoms with E-state index in [1.165, 1.54) is 0 Å². The molecule has 4 heteroatoms. The summed E-state index contributed by atoms with van der Waals surface area (Å²) in [7, 11) is 0. The molecule has 0 radical (unpaired) electrons. The first-order valence-corrected chi connectivity index (χ1v) is 7.13. The second kappa shape index (κ2) is 7.09. The molecule has 2 aromatic carbocycles. The fourth-order valence-electron chi connectivity index (χ4n) is 1.90. The summed E-state index contributed by atoms with van der Waals surface area (Å²) in [6.07, 6.45) is 0.798. The minimum Gasteiger partial charge on any atom is -0.489 e. The fraction of sp³-hybridized carbons (Fsp3) is 0.188. The van der Waals surface area contributed by atoms with Gasteiger partial charge in [0.1, 0.15) is 12.4 Å². The second-order valence-electron chi connectivity index (χ2n) is 4.35. The molecule has 0 heterocycles. The highest BCUT2D eigenvalue weighted by Crippen LogP contribution is 2.24. The number of nitrogens with zero attached hydrogens (tertiary/aromatic N) is 1. The molecular weight excluding hydrogens is 316 g/mol. The second-order valence-corrected chi connectivity index (χ2v) is 5.20. The zero-order valence-electron chi connectivity index (χ0n) is 11.0. The number of nitrogens with two attached hydrogens (primary N) is 1. The van der Waals surface area contributed by atoms with Crippen LogP contribution in [0.3, 0.4) is 0 Å². The van der Waals surface area contributed by atoms with Crippen molar-refractivity contribution in [2.75, 3.05) is 6.54 Å². The molecule has 0 saturated heterocycles. The van der Waals surface area contributed by atoms with Crippen molar-refractivity contribution in [2.45, 2.75) is 13.0 Å². The molecule has 20 heavy (non-hydrogen) atoms. The van der Waals surface area contributed by atoms with Crippen molar-refractivity contribution >= 4 is 15.9 Å². The van der Waals surface area contributed by atoms with E-state index in [0.717, 1.165) is 27.8 Å². The first-order valence-electron chi connectivity index (χ1n) is 6.34. The number of benzene rings is 2. The molecule has 0 atom stereocenters. The standard InChI is InChI=1S/C16H15BrN2O/c17-16-6-5-15(9-12(16)7-8-18)20-11-14-4-2-1-3-13(14)10-19/h1-6,9H,7-8,11,18H2. The van der Waals surface area contributed by atoms with Crippen LogP contribution >= 0.6 is 15.9 Å². The molecule has 0 aliphatic carbocycles. The molecule has 0 unspecified atom stereocenters. The van der Waals surface area contributed by atoms with Crippen molar-refractivity contribution in [1.29, 1.82) is 5.26 Å². The van der Waals surface area contributed by atoms with E-state index in [1.54, 1.807) is 6.07 Å². The van der Waals surface area contributed by atoms with Crippen LogP contribution < -0.4 is 10.5 Å². The summed E-state index contributed by atoms with van der Waals surface area (Å²) in [4.78, 5) is 0. The van der Waals surface area contributed by atoms with Gasteiger partial charge in [0.05, 0.1) is 11.6 Å². The van der Waals surface area contributed by atoms with Crippen molar-refractivity contribution in [2.24, 2.45) is 5.73 Å². The van der Waals surface area contributed by atoms with Gasteiger partial charge in [0.25, 0.3) is 0 Å². The average molecular weight is 331 g/mol. The zero-order valence-corrected chi connectivity index (χ0v) is 12.6. The Bertz CT molecular complexity index is 635. The fourth-order valence-corrected chi connectivity index (χ4v) is 2.35. The van der Waals surface area contributed by atoms with Gasteiger partial charge in [0.2, 0.25) is 0 Å². The number of rotatable bonds is 5. The third kappa shape index (κ3) is 3.60. The maximum Gasteiger partial charge on any atom is 0.120 e. The molecular formula is C16H15BrN2O. The number of hydrogen-bond acceptors (Lipinski definition) is 3. The van der Waals surface area contributed by atoms with Crippen LogP contribution in [0.4, 0.5) is 0 Å². The topological polar surface area (TPSA) is 59.0 Å². The SMILES string of the molecule is N#Cc1ccccc1COc1ccc(Br)c(CCN)c1. The number of nitriles is 1. The number of halogens is 1. The molecule has 2 N–H and O–H groups in total. The summed E-state index contributed by atoms with van der Waals surface area (Å²) >= 11 is 3.50. The van der Waals surface area contributed by atoms with E-state index < -0.39 is 0 Å². The van der Waals surface area contributed by atoms with Gasteiger partial charge in [-0.2, -0.15) is 5.26 Å². The monoisotopic (exact) mass is 330 g/mol. The molecule has 0 spiro atoms. The van der Waals surface area contributed by atoms with Crippen LogP contribution in [0.25, 0.3) is 0 Å². The van der Waals surface area contributed by atoms with Crippen LogP contribution in [0.15, 0.2) is 46.9 Å². The minimum atomic E-state index is 0.382. The van der Waals surface area contributed by atoms with Gasteiger partial charge < -0.3 is 10.5 Å². The van der Waals surface area contributed by atoms with Crippen molar-refractivity contribution in [3.8, 4) is 11.8 Å². The van der Waals surface area contributed by atoms with E-state index in [9.17, 15) is 0 Å². The molecule has 3 nitrogen and oxygen atoms in total. The predicted molar refractivity (Wildman–Crippen MR) is 82.4 cm³/mol. The molecule has 2 aromatic rings. The summed E-state index contributed by atoms with van der Waals surface area (Å²) in [5, 5.41) is 9.04. The van der Waals surface area contributed by atoms with Gasteiger partial charge in [-0.3, -0.25) is 0 Å². The molecule has 0 fully saturated rings. The van der Waals surface area contributed by atoms with Gasteiger partial charge in [0, 0.05) is 10.0 Å². The summed E-state index contributed by atoms with van der Waals surface area (Å²) in [6.45, 7) is 0.979. The van der Waals surface area contributed by atoms with Crippen LogP contribution in [0, 0.1) is 11.3 Å². The lowest BCUT2D eigenvalue weighted by Crippen LogP contribution is -2.04. The van der Waals surface area contributed by atoms with E-state index in [2.05, 4.69) is 22.0 Å². The smallest absolute Gasteiger partial charge is 0.120 e. The van der Waals surface area contributed by atoms with Crippen molar-refractivity contribution < 1.29 is 4.74 Å². The van der Waals surface area contributed by atoms with Crippen LogP contribution in [0.1, 0.15) is 16.7 Å². The Hall–Kier alpha value is -1.83. The molecule has 0 aliphatic heterocycles. The van der Waals surface area contributed by atoms with Gasteiger partial charge in [-0.15, -0.1) is 0 Å². The van der Waals surface area contributed by atoms with Crippen molar-refractivity contribution in [1.82, 2.24) is 0 Å². The minimum absolute atomic E-state index is 0.382. The van der Waals surface area contributed by atoms with Crippen LogP contribution in [-0.4, -0.2) is 6.54 Å². The normalized spacial score (nSPS) is 10.1. The molecule has 0 aromatic heterocycles. The Morgan fingerprint density at radius 3 is 2.70 bits per heavy atom. The average Bonchev–Trinajstić information content (AvgIpc) is 2.48. The van der Waals surface area contributed by atoms with Crippen LogP contribution in [0.2, 0.25) is 0 Å². The third-order valence-electron chi connectivity index (χ3n) is 2.96.